The highest BCUT2D eigenvalue weighted by Crippen LogP contribution is 2.40. The van der Waals surface area contributed by atoms with Crippen molar-refractivity contribution in [1.82, 2.24) is 10.3 Å². The second-order valence-corrected chi connectivity index (χ2v) is 7.27. The minimum atomic E-state index is -1.00. The SMILES string of the molecule is CCCCCOc1c(OC)ccc(C(=O)NCCc2ccncc2)c1C(CC)C(=O)O. The normalized spacial score (nSPS) is 11.6. The molecule has 0 aliphatic carbocycles. The molecule has 0 bridgehead atoms. The maximum Gasteiger partial charge on any atom is 0.311 e. The van der Waals surface area contributed by atoms with Gasteiger partial charge in [0.1, 0.15) is 0 Å². The molecule has 1 amide bonds. The Morgan fingerprint density at radius 1 is 1.13 bits per heavy atom. The van der Waals surface area contributed by atoms with E-state index in [4.69, 9.17) is 9.47 Å². The van der Waals surface area contributed by atoms with E-state index in [1.807, 2.05) is 12.1 Å². The van der Waals surface area contributed by atoms with Crippen LogP contribution in [-0.2, 0) is 11.2 Å². The van der Waals surface area contributed by atoms with Crippen LogP contribution in [0, 0.1) is 0 Å². The van der Waals surface area contributed by atoms with Gasteiger partial charge < -0.3 is 19.9 Å². The molecule has 0 saturated heterocycles. The van der Waals surface area contributed by atoms with Crippen LogP contribution in [0.4, 0.5) is 0 Å². The molecule has 1 aromatic heterocycles. The number of ether oxygens (including phenoxy) is 2. The molecule has 0 saturated carbocycles. The van der Waals surface area contributed by atoms with Crippen LogP contribution in [0.3, 0.4) is 0 Å². The van der Waals surface area contributed by atoms with Crippen molar-refractivity contribution in [2.45, 2.75) is 51.9 Å². The lowest BCUT2D eigenvalue weighted by Crippen LogP contribution is -2.28. The Bertz CT molecular complexity index is 855. The number of benzene rings is 1. The van der Waals surface area contributed by atoms with E-state index >= 15 is 0 Å². The number of nitrogens with one attached hydrogen (secondary N) is 1. The number of unbranched alkanes of at least 4 members (excludes halogenated alkanes) is 2. The summed E-state index contributed by atoms with van der Waals surface area (Å²) < 4.78 is 11.4. The van der Waals surface area contributed by atoms with Crippen molar-refractivity contribution < 1.29 is 24.2 Å². The second-order valence-electron chi connectivity index (χ2n) is 7.27. The summed E-state index contributed by atoms with van der Waals surface area (Å²) in [4.78, 5) is 29.0. The minimum absolute atomic E-state index is 0.301. The van der Waals surface area contributed by atoms with Crippen molar-refractivity contribution in [1.29, 1.82) is 0 Å². The lowest BCUT2D eigenvalue weighted by atomic mass is 9.90. The van der Waals surface area contributed by atoms with Crippen LogP contribution >= 0.6 is 0 Å². The van der Waals surface area contributed by atoms with Gasteiger partial charge >= 0.3 is 5.97 Å². The maximum atomic E-state index is 13.0. The van der Waals surface area contributed by atoms with Crippen molar-refractivity contribution in [2.75, 3.05) is 20.3 Å². The summed E-state index contributed by atoms with van der Waals surface area (Å²) in [6.45, 7) is 4.73. The van der Waals surface area contributed by atoms with Crippen molar-refractivity contribution in [3.05, 3.63) is 53.3 Å². The highest BCUT2D eigenvalue weighted by atomic mass is 16.5. The molecule has 0 aliphatic heterocycles. The first-order valence-corrected chi connectivity index (χ1v) is 10.8. The van der Waals surface area contributed by atoms with Gasteiger partial charge in [-0.2, -0.15) is 0 Å². The summed E-state index contributed by atoms with van der Waals surface area (Å²) in [5.41, 5.74) is 1.73. The molecule has 0 aliphatic rings. The number of nitrogens with zero attached hydrogens (tertiary/aromatic N) is 1. The Morgan fingerprint density at radius 3 is 2.48 bits per heavy atom. The molecule has 1 aromatic carbocycles. The molecule has 7 nitrogen and oxygen atoms in total. The zero-order chi connectivity index (χ0) is 22.6. The van der Waals surface area contributed by atoms with Crippen molar-refractivity contribution in [2.24, 2.45) is 0 Å². The maximum absolute atomic E-state index is 13.0. The number of carboxylic acid groups (broad SMARTS) is 1. The zero-order valence-corrected chi connectivity index (χ0v) is 18.5. The summed E-state index contributed by atoms with van der Waals surface area (Å²) in [5.74, 6) is -1.43. The quantitative estimate of drug-likeness (QED) is 0.464. The number of pyridine rings is 1. The van der Waals surface area contributed by atoms with Crippen LogP contribution in [0.2, 0.25) is 0 Å². The van der Waals surface area contributed by atoms with Gasteiger partial charge in [0.25, 0.3) is 5.91 Å². The minimum Gasteiger partial charge on any atom is -0.493 e. The third-order valence-corrected chi connectivity index (χ3v) is 5.12. The van der Waals surface area contributed by atoms with Crippen molar-refractivity contribution >= 4 is 11.9 Å². The molecule has 0 fully saturated rings. The first-order chi connectivity index (χ1) is 15.0. The Balaban J connectivity index is 2.32. The molecule has 1 unspecified atom stereocenters. The number of carboxylic acids is 1. The van der Waals surface area contributed by atoms with Gasteiger partial charge in [-0.25, -0.2) is 0 Å². The number of amides is 1. The average molecular weight is 429 g/mol. The van der Waals surface area contributed by atoms with E-state index in [9.17, 15) is 14.7 Å². The van der Waals surface area contributed by atoms with E-state index in [1.54, 1.807) is 31.5 Å². The van der Waals surface area contributed by atoms with Gasteiger partial charge in [0.05, 0.1) is 19.6 Å². The predicted octanol–water partition coefficient (Wildman–Crippen LogP) is 4.21. The van der Waals surface area contributed by atoms with E-state index in [0.717, 1.165) is 24.8 Å². The molecular formula is C24H32N2O5. The highest BCUT2D eigenvalue weighted by molar-refractivity contribution is 5.98. The fourth-order valence-corrected chi connectivity index (χ4v) is 3.43. The molecule has 2 N–H and O–H groups in total. The first-order valence-electron chi connectivity index (χ1n) is 10.8. The number of rotatable bonds is 13. The van der Waals surface area contributed by atoms with Crippen molar-refractivity contribution in [3.63, 3.8) is 0 Å². The number of aliphatic carboxylic acids is 1. The summed E-state index contributed by atoms with van der Waals surface area (Å²) in [7, 11) is 1.51. The van der Waals surface area contributed by atoms with Crippen LogP contribution in [-0.4, -0.2) is 42.2 Å². The molecule has 0 radical (unpaired) electrons. The Kier molecular flexibility index (Phi) is 9.81. The van der Waals surface area contributed by atoms with E-state index in [0.29, 0.717) is 48.6 Å². The molecule has 1 heterocycles. The van der Waals surface area contributed by atoms with Gasteiger partial charge in [-0.15, -0.1) is 0 Å². The van der Waals surface area contributed by atoms with Crippen LogP contribution in [0.15, 0.2) is 36.7 Å². The first kappa shape index (κ1) is 24.2. The van der Waals surface area contributed by atoms with Crippen LogP contribution in [0.5, 0.6) is 11.5 Å². The number of methoxy groups -OCH3 is 1. The average Bonchev–Trinajstić information content (AvgIpc) is 2.77. The molecule has 1 atom stereocenters. The van der Waals surface area contributed by atoms with E-state index in [1.165, 1.54) is 7.11 Å². The predicted molar refractivity (Wildman–Crippen MR) is 119 cm³/mol. The molecule has 0 spiro atoms. The second kappa shape index (κ2) is 12.6. The molecular weight excluding hydrogens is 396 g/mol. The number of aromatic nitrogens is 1. The molecule has 7 heteroatoms. The Hall–Kier alpha value is -3.09. The molecule has 2 aromatic rings. The van der Waals surface area contributed by atoms with Gasteiger partial charge in [0, 0.05) is 30.1 Å². The van der Waals surface area contributed by atoms with Gasteiger partial charge in [-0.05, 0) is 49.1 Å². The Labute approximate surface area is 183 Å². The number of hydrogen-bond donors (Lipinski definition) is 2. The van der Waals surface area contributed by atoms with Gasteiger partial charge in [-0.1, -0.05) is 26.7 Å². The number of hydrogen-bond acceptors (Lipinski definition) is 5. The third-order valence-electron chi connectivity index (χ3n) is 5.12. The fraction of sp³-hybridized carbons (Fsp3) is 0.458. The van der Waals surface area contributed by atoms with E-state index < -0.39 is 11.9 Å². The summed E-state index contributed by atoms with van der Waals surface area (Å²) >= 11 is 0. The van der Waals surface area contributed by atoms with Gasteiger partial charge in [0.15, 0.2) is 11.5 Å². The van der Waals surface area contributed by atoms with Gasteiger partial charge in [0.2, 0.25) is 0 Å². The lowest BCUT2D eigenvalue weighted by Gasteiger charge is -2.22. The summed E-state index contributed by atoms with van der Waals surface area (Å²) in [5, 5.41) is 12.7. The fourth-order valence-electron chi connectivity index (χ4n) is 3.43. The van der Waals surface area contributed by atoms with Crippen LogP contribution < -0.4 is 14.8 Å². The number of carbonyl (C=O) groups is 2. The van der Waals surface area contributed by atoms with Crippen LogP contribution in [0.25, 0.3) is 0 Å². The smallest absolute Gasteiger partial charge is 0.311 e. The van der Waals surface area contributed by atoms with Gasteiger partial charge in [-0.3, -0.25) is 14.6 Å². The standard InChI is InChI=1S/C24H32N2O5/c1-4-6-7-16-31-22-20(30-3)9-8-19(21(22)18(5-2)24(28)29)23(27)26-15-12-17-10-13-25-14-11-17/h8-11,13-14,18H,4-7,12,15-16H2,1-3H3,(H,26,27)(H,28,29). The van der Waals surface area contributed by atoms with E-state index in [2.05, 4.69) is 17.2 Å². The molecule has 2 rings (SSSR count). The highest BCUT2D eigenvalue weighted by Gasteiger charge is 2.30. The summed E-state index contributed by atoms with van der Waals surface area (Å²) in [6, 6.07) is 7.06. The summed E-state index contributed by atoms with van der Waals surface area (Å²) in [6.07, 6.45) is 7.27. The lowest BCUT2D eigenvalue weighted by molar-refractivity contribution is -0.138. The van der Waals surface area contributed by atoms with Crippen LogP contribution in [0.1, 0.15) is 66.9 Å². The van der Waals surface area contributed by atoms with Crippen molar-refractivity contribution in [3.8, 4) is 11.5 Å². The Morgan fingerprint density at radius 2 is 1.87 bits per heavy atom. The third kappa shape index (κ3) is 6.70. The topological polar surface area (TPSA) is 97.8 Å². The zero-order valence-electron chi connectivity index (χ0n) is 18.5. The van der Waals surface area contributed by atoms with E-state index in [-0.39, 0.29) is 5.91 Å². The molecule has 31 heavy (non-hydrogen) atoms. The largest absolute Gasteiger partial charge is 0.493 e. The molecule has 168 valence electrons. The monoisotopic (exact) mass is 428 g/mol. The number of carbonyl (C=O) groups excluding carboxylic acids is 1.